The van der Waals surface area contributed by atoms with E-state index in [-0.39, 0.29) is 35.5 Å². The number of ketones is 1. The van der Waals surface area contributed by atoms with E-state index in [1.54, 1.807) is 38.1 Å². The number of dihydropyridines is 1. The van der Waals surface area contributed by atoms with Crippen LogP contribution in [0.2, 0.25) is 0 Å². The highest BCUT2D eigenvalue weighted by Gasteiger charge is 2.15. The fourth-order valence-corrected chi connectivity index (χ4v) is 2.75. The highest BCUT2D eigenvalue weighted by Crippen LogP contribution is 2.19. The van der Waals surface area contributed by atoms with Gasteiger partial charge in [0.25, 0.3) is 5.91 Å². The van der Waals surface area contributed by atoms with Gasteiger partial charge in [-0.25, -0.2) is 4.99 Å². The summed E-state index contributed by atoms with van der Waals surface area (Å²) in [5.41, 5.74) is 1.14. The van der Waals surface area contributed by atoms with Crippen LogP contribution in [0.25, 0.3) is 0 Å². The molecule has 0 atom stereocenters. The molecule has 0 saturated heterocycles. The van der Waals surface area contributed by atoms with Gasteiger partial charge in [-0.15, -0.1) is 11.8 Å². The second kappa shape index (κ2) is 7.92. The fraction of sp³-hybridized carbons (Fsp3) is 0.294. The zero-order valence-corrected chi connectivity index (χ0v) is 14.2. The molecule has 6 nitrogen and oxygen atoms in total. The van der Waals surface area contributed by atoms with Crippen molar-refractivity contribution in [2.75, 3.05) is 11.1 Å². The molecule has 0 unspecified atom stereocenters. The van der Waals surface area contributed by atoms with Crippen molar-refractivity contribution in [1.29, 1.82) is 0 Å². The van der Waals surface area contributed by atoms with Gasteiger partial charge in [0.05, 0.1) is 17.2 Å². The van der Waals surface area contributed by atoms with Gasteiger partial charge in [0.15, 0.2) is 5.78 Å². The SMILES string of the molecule is CC(C)C(=O)Nc1ccc(C(=O)CSC2=NC(=O)C=C(O)C2)cc1. The lowest BCUT2D eigenvalue weighted by Crippen LogP contribution is -2.17. The van der Waals surface area contributed by atoms with Crippen LogP contribution in [0.5, 0.6) is 0 Å². The number of allylic oxidation sites excluding steroid dienone is 1. The number of benzene rings is 1. The fourth-order valence-electron chi connectivity index (χ4n) is 1.88. The van der Waals surface area contributed by atoms with Crippen molar-refractivity contribution in [2.24, 2.45) is 10.9 Å². The van der Waals surface area contributed by atoms with Crippen LogP contribution < -0.4 is 5.32 Å². The van der Waals surface area contributed by atoms with Gasteiger partial charge in [0.1, 0.15) is 5.76 Å². The number of aliphatic imine (C=N–C) groups is 1. The summed E-state index contributed by atoms with van der Waals surface area (Å²) in [6.07, 6.45) is 1.24. The number of carbonyl (C=O) groups is 3. The highest BCUT2D eigenvalue weighted by atomic mass is 32.2. The molecule has 0 aliphatic carbocycles. The van der Waals surface area contributed by atoms with Crippen LogP contribution in [0.15, 0.2) is 41.1 Å². The average Bonchev–Trinajstić information content (AvgIpc) is 2.52. The number of aliphatic hydroxyl groups is 1. The Bertz CT molecular complexity index is 721. The van der Waals surface area contributed by atoms with E-state index in [2.05, 4.69) is 10.3 Å². The van der Waals surface area contributed by atoms with Crippen molar-refractivity contribution in [1.82, 2.24) is 0 Å². The lowest BCUT2D eigenvalue weighted by atomic mass is 10.1. The summed E-state index contributed by atoms with van der Waals surface area (Å²) in [6, 6.07) is 6.64. The van der Waals surface area contributed by atoms with Gasteiger partial charge in [-0.2, -0.15) is 0 Å². The number of carbonyl (C=O) groups excluding carboxylic acids is 3. The highest BCUT2D eigenvalue weighted by molar-refractivity contribution is 8.14. The van der Waals surface area contributed by atoms with Crippen molar-refractivity contribution < 1.29 is 19.5 Å². The molecule has 1 aliphatic rings. The predicted molar refractivity (Wildman–Crippen MR) is 94.5 cm³/mol. The Labute approximate surface area is 144 Å². The Balaban J connectivity index is 1.91. The first-order valence-electron chi connectivity index (χ1n) is 7.43. The van der Waals surface area contributed by atoms with Crippen LogP contribution in [0.4, 0.5) is 5.69 Å². The van der Waals surface area contributed by atoms with Gasteiger partial charge >= 0.3 is 0 Å². The number of aliphatic hydroxyl groups excluding tert-OH is 1. The number of thioether (sulfide) groups is 1. The molecular formula is C17H18N2O4S. The summed E-state index contributed by atoms with van der Waals surface area (Å²) in [5.74, 6) is -0.762. The van der Waals surface area contributed by atoms with Crippen LogP contribution in [-0.2, 0) is 9.59 Å². The van der Waals surface area contributed by atoms with Crippen LogP contribution in [0.1, 0.15) is 30.6 Å². The minimum Gasteiger partial charge on any atom is -0.512 e. The Morgan fingerprint density at radius 3 is 2.54 bits per heavy atom. The number of rotatable bonds is 5. The van der Waals surface area contributed by atoms with Crippen molar-refractivity contribution in [2.45, 2.75) is 20.3 Å². The second-order valence-corrected chi connectivity index (χ2v) is 6.64. The molecule has 126 valence electrons. The van der Waals surface area contributed by atoms with Gasteiger partial charge in [0, 0.05) is 23.2 Å². The van der Waals surface area contributed by atoms with E-state index in [0.717, 1.165) is 17.8 Å². The van der Waals surface area contributed by atoms with Crippen LogP contribution in [-0.4, -0.2) is 33.5 Å². The minimum atomic E-state index is -0.515. The Kier molecular flexibility index (Phi) is 5.92. The Hall–Kier alpha value is -2.41. The summed E-state index contributed by atoms with van der Waals surface area (Å²) in [5, 5.41) is 12.6. The third-order valence-electron chi connectivity index (χ3n) is 3.23. The van der Waals surface area contributed by atoms with Crippen molar-refractivity contribution in [3.63, 3.8) is 0 Å². The summed E-state index contributed by atoms with van der Waals surface area (Å²) in [6.45, 7) is 3.60. The zero-order valence-electron chi connectivity index (χ0n) is 13.4. The largest absolute Gasteiger partial charge is 0.512 e. The summed E-state index contributed by atoms with van der Waals surface area (Å²) >= 11 is 1.14. The standard InChI is InChI=1S/C17H18N2O4S/c1-10(2)17(23)18-12-5-3-11(4-6-12)14(21)9-24-16-8-13(20)7-15(22)19-16/h3-7,10,20H,8-9H2,1-2H3,(H,18,23). The first-order chi connectivity index (χ1) is 11.3. The topological polar surface area (TPSA) is 95.8 Å². The lowest BCUT2D eigenvalue weighted by molar-refractivity contribution is -0.119. The molecule has 24 heavy (non-hydrogen) atoms. The predicted octanol–water partition coefficient (Wildman–Crippen LogP) is 2.97. The van der Waals surface area contributed by atoms with E-state index in [1.165, 1.54) is 0 Å². The molecule has 7 heteroatoms. The maximum Gasteiger partial charge on any atom is 0.273 e. The summed E-state index contributed by atoms with van der Waals surface area (Å²) in [4.78, 5) is 38.8. The van der Waals surface area contributed by atoms with E-state index in [0.29, 0.717) is 16.3 Å². The van der Waals surface area contributed by atoms with Crippen LogP contribution >= 0.6 is 11.8 Å². The third kappa shape index (κ3) is 5.06. The van der Waals surface area contributed by atoms with Gasteiger partial charge in [-0.1, -0.05) is 13.8 Å². The number of amides is 2. The van der Waals surface area contributed by atoms with Gasteiger partial charge in [-0.3, -0.25) is 14.4 Å². The molecule has 2 rings (SSSR count). The van der Waals surface area contributed by atoms with E-state index in [9.17, 15) is 19.5 Å². The molecule has 0 radical (unpaired) electrons. The van der Waals surface area contributed by atoms with E-state index >= 15 is 0 Å². The maximum atomic E-state index is 12.2. The zero-order chi connectivity index (χ0) is 17.7. The third-order valence-corrected chi connectivity index (χ3v) is 4.20. The molecule has 2 amide bonds. The number of nitrogens with one attached hydrogen (secondary N) is 1. The molecule has 1 aromatic carbocycles. The van der Waals surface area contributed by atoms with Crippen LogP contribution in [0.3, 0.4) is 0 Å². The van der Waals surface area contributed by atoms with Gasteiger partial charge < -0.3 is 10.4 Å². The first kappa shape index (κ1) is 17.9. The molecule has 1 heterocycles. The maximum absolute atomic E-state index is 12.2. The molecule has 0 saturated carbocycles. The molecule has 0 bridgehead atoms. The van der Waals surface area contributed by atoms with Gasteiger partial charge in [-0.05, 0) is 24.3 Å². The van der Waals surface area contributed by atoms with E-state index < -0.39 is 5.91 Å². The number of hydrogen-bond acceptors (Lipinski definition) is 5. The number of Topliss-reactive ketones (excluding diaryl/α,β-unsaturated/α-hetero) is 1. The van der Waals surface area contributed by atoms with E-state index in [1.807, 2.05) is 0 Å². The second-order valence-electron chi connectivity index (χ2n) is 5.59. The molecule has 0 fully saturated rings. The van der Waals surface area contributed by atoms with Crippen molar-refractivity contribution >= 4 is 40.1 Å². The smallest absolute Gasteiger partial charge is 0.273 e. The molecule has 1 aliphatic heterocycles. The molecule has 0 aromatic heterocycles. The molecule has 2 N–H and O–H groups in total. The Morgan fingerprint density at radius 2 is 1.96 bits per heavy atom. The normalized spacial score (nSPS) is 14.2. The average molecular weight is 346 g/mol. The first-order valence-corrected chi connectivity index (χ1v) is 8.41. The quantitative estimate of drug-likeness (QED) is 0.799. The molecule has 1 aromatic rings. The van der Waals surface area contributed by atoms with Crippen molar-refractivity contribution in [3.8, 4) is 0 Å². The summed E-state index contributed by atoms with van der Waals surface area (Å²) in [7, 11) is 0. The molecular weight excluding hydrogens is 328 g/mol. The number of hydrogen-bond donors (Lipinski definition) is 2. The number of nitrogens with zero attached hydrogens (tertiary/aromatic N) is 1. The molecule has 0 spiro atoms. The minimum absolute atomic E-state index is 0.0461. The van der Waals surface area contributed by atoms with E-state index in [4.69, 9.17) is 0 Å². The summed E-state index contributed by atoms with van der Waals surface area (Å²) < 4.78 is 0. The monoisotopic (exact) mass is 346 g/mol. The lowest BCUT2D eigenvalue weighted by Gasteiger charge is -2.09. The van der Waals surface area contributed by atoms with Crippen molar-refractivity contribution in [3.05, 3.63) is 41.7 Å². The Morgan fingerprint density at radius 1 is 1.29 bits per heavy atom. The van der Waals surface area contributed by atoms with Gasteiger partial charge in [0.2, 0.25) is 5.91 Å². The number of anilines is 1. The van der Waals surface area contributed by atoms with Crippen LogP contribution in [0, 0.1) is 5.92 Å².